The third-order valence-corrected chi connectivity index (χ3v) is 5.36. The molecule has 6 nitrogen and oxygen atoms in total. The molecule has 1 fully saturated rings. The van der Waals surface area contributed by atoms with Gasteiger partial charge in [-0.2, -0.15) is 0 Å². The Bertz CT molecular complexity index is 965. The molecule has 1 aliphatic rings. The number of oxazole rings is 1. The summed E-state index contributed by atoms with van der Waals surface area (Å²) in [7, 11) is 0. The number of nitrogens with zero attached hydrogens (tertiary/aromatic N) is 4. The summed E-state index contributed by atoms with van der Waals surface area (Å²) in [5, 5.41) is 0.704. The van der Waals surface area contributed by atoms with E-state index in [2.05, 4.69) is 9.97 Å². The Morgan fingerprint density at radius 2 is 2.25 bits per heavy atom. The normalized spacial score (nSPS) is 16.6. The average Bonchev–Trinajstić information content (AvgIpc) is 3.41. The van der Waals surface area contributed by atoms with E-state index in [1.807, 2.05) is 46.9 Å². The van der Waals surface area contributed by atoms with E-state index in [1.54, 1.807) is 12.4 Å². The van der Waals surface area contributed by atoms with Crippen molar-refractivity contribution in [1.82, 2.24) is 19.4 Å². The lowest BCUT2D eigenvalue weighted by molar-refractivity contribution is -0.133. The first-order valence-corrected chi connectivity index (χ1v) is 10.0. The lowest BCUT2D eigenvalue weighted by atomic mass is 10.1. The van der Waals surface area contributed by atoms with E-state index in [1.165, 1.54) is 0 Å². The SMILES string of the molecule is CCc1nccn1CC(=O)N1CCC[C@H]1c1ncc(Cc2cccc(Cl)c2)o1. The minimum absolute atomic E-state index is 0.0739. The molecule has 1 aliphatic heterocycles. The van der Waals surface area contributed by atoms with Crippen molar-refractivity contribution in [2.45, 2.75) is 45.2 Å². The van der Waals surface area contributed by atoms with Crippen LogP contribution < -0.4 is 0 Å². The van der Waals surface area contributed by atoms with Crippen molar-refractivity contribution in [2.75, 3.05) is 6.54 Å². The fraction of sp³-hybridized carbons (Fsp3) is 0.381. The highest BCUT2D eigenvalue weighted by atomic mass is 35.5. The highest BCUT2D eigenvalue weighted by Crippen LogP contribution is 2.32. The molecule has 0 bridgehead atoms. The van der Waals surface area contributed by atoms with Gasteiger partial charge in [0.2, 0.25) is 11.8 Å². The predicted octanol–water partition coefficient (Wildman–Crippen LogP) is 4.04. The van der Waals surface area contributed by atoms with Crippen LogP contribution in [-0.4, -0.2) is 31.9 Å². The fourth-order valence-electron chi connectivity index (χ4n) is 3.76. The summed E-state index contributed by atoms with van der Waals surface area (Å²) in [6.07, 6.45) is 8.60. The van der Waals surface area contributed by atoms with E-state index in [-0.39, 0.29) is 11.9 Å². The number of halogens is 1. The summed E-state index contributed by atoms with van der Waals surface area (Å²) in [6.45, 7) is 3.07. The summed E-state index contributed by atoms with van der Waals surface area (Å²) in [6, 6.07) is 7.60. The fourth-order valence-corrected chi connectivity index (χ4v) is 3.98. The molecule has 1 saturated heterocycles. The van der Waals surface area contributed by atoms with Gasteiger partial charge in [0, 0.05) is 36.8 Å². The second kappa shape index (κ2) is 8.19. The Kier molecular flexibility index (Phi) is 5.48. The largest absolute Gasteiger partial charge is 0.443 e. The maximum Gasteiger partial charge on any atom is 0.243 e. The van der Waals surface area contributed by atoms with E-state index in [4.69, 9.17) is 16.0 Å². The van der Waals surface area contributed by atoms with Gasteiger partial charge < -0.3 is 13.9 Å². The number of carbonyl (C=O) groups excluding carboxylic acids is 1. The Morgan fingerprint density at radius 3 is 3.07 bits per heavy atom. The van der Waals surface area contributed by atoms with Crippen LogP contribution in [0.4, 0.5) is 0 Å². The van der Waals surface area contributed by atoms with Gasteiger partial charge in [0.05, 0.1) is 6.20 Å². The van der Waals surface area contributed by atoms with Crippen molar-refractivity contribution >= 4 is 17.5 Å². The van der Waals surface area contributed by atoms with Gasteiger partial charge in [-0.15, -0.1) is 0 Å². The molecule has 0 saturated carbocycles. The molecule has 4 rings (SSSR count). The molecule has 28 heavy (non-hydrogen) atoms. The van der Waals surface area contributed by atoms with Crippen LogP contribution in [0.3, 0.4) is 0 Å². The van der Waals surface area contributed by atoms with Gasteiger partial charge in [-0.05, 0) is 30.5 Å². The number of aromatic nitrogens is 3. The summed E-state index contributed by atoms with van der Waals surface area (Å²) >= 11 is 6.06. The van der Waals surface area contributed by atoms with Gasteiger partial charge in [-0.1, -0.05) is 30.7 Å². The van der Waals surface area contributed by atoms with Gasteiger partial charge >= 0.3 is 0 Å². The van der Waals surface area contributed by atoms with Crippen LogP contribution in [0.2, 0.25) is 5.02 Å². The van der Waals surface area contributed by atoms with E-state index in [0.717, 1.165) is 43.0 Å². The Hall–Kier alpha value is -2.60. The smallest absolute Gasteiger partial charge is 0.243 e. The number of aryl methyl sites for hydroxylation is 1. The number of likely N-dealkylation sites (tertiary alicyclic amines) is 1. The van der Waals surface area contributed by atoms with Crippen molar-refractivity contribution in [2.24, 2.45) is 0 Å². The lowest BCUT2D eigenvalue weighted by Gasteiger charge is -2.23. The van der Waals surface area contributed by atoms with Crippen LogP contribution in [0.1, 0.15) is 48.8 Å². The standard InChI is InChI=1S/C21H23ClN4O2/c1-2-19-23-8-10-25(19)14-20(27)26-9-4-7-18(26)21-24-13-17(28-21)12-15-5-3-6-16(22)11-15/h3,5-6,8,10-11,13,18H,2,4,7,9,12,14H2,1H3/t18-/m0/s1. The zero-order chi connectivity index (χ0) is 19.5. The van der Waals surface area contributed by atoms with Crippen LogP contribution in [0, 0.1) is 0 Å². The number of hydrogen-bond acceptors (Lipinski definition) is 4. The van der Waals surface area contributed by atoms with Gasteiger partial charge in [0.15, 0.2) is 0 Å². The van der Waals surface area contributed by atoms with E-state index in [0.29, 0.717) is 23.9 Å². The van der Waals surface area contributed by atoms with E-state index in [9.17, 15) is 4.79 Å². The molecular formula is C21H23ClN4O2. The second-order valence-electron chi connectivity index (χ2n) is 7.04. The predicted molar refractivity (Wildman–Crippen MR) is 106 cm³/mol. The van der Waals surface area contributed by atoms with Crippen molar-refractivity contribution in [3.8, 4) is 0 Å². The second-order valence-corrected chi connectivity index (χ2v) is 7.48. The number of carbonyl (C=O) groups is 1. The van der Waals surface area contributed by atoms with Gasteiger partial charge in [0.1, 0.15) is 24.2 Å². The van der Waals surface area contributed by atoms with E-state index < -0.39 is 0 Å². The van der Waals surface area contributed by atoms with Gasteiger partial charge in [0.25, 0.3) is 0 Å². The van der Waals surface area contributed by atoms with E-state index >= 15 is 0 Å². The quantitative estimate of drug-likeness (QED) is 0.628. The molecule has 0 radical (unpaired) electrons. The van der Waals surface area contributed by atoms with Crippen LogP contribution >= 0.6 is 11.6 Å². The molecule has 0 unspecified atom stereocenters. The molecule has 3 heterocycles. The van der Waals surface area contributed by atoms with Gasteiger partial charge in [-0.25, -0.2) is 9.97 Å². The Morgan fingerprint density at radius 1 is 1.36 bits per heavy atom. The lowest BCUT2D eigenvalue weighted by Crippen LogP contribution is -2.33. The third kappa shape index (κ3) is 3.97. The molecule has 1 amide bonds. The first-order chi connectivity index (χ1) is 13.6. The third-order valence-electron chi connectivity index (χ3n) is 5.12. The molecule has 7 heteroatoms. The Balaban J connectivity index is 1.46. The summed E-state index contributed by atoms with van der Waals surface area (Å²) < 4.78 is 7.92. The van der Waals surface area contributed by atoms with Crippen molar-refractivity contribution in [3.63, 3.8) is 0 Å². The highest BCUT2D eigenvalue weighted by Gasteiger charge is 2.33. The minimum Gasteiger partial charge on any atom is -0.443 e. The number of hydrogen-bond donors (Lipinski definition) is 0. The zero-order valence-electron chi connectivity index (χ0n) is 15.8. The molecule has 0 N–H and O–H groups in total. The van der Waals surface area contributed by atoms with Crippen molar-refractivity contribution < 1.29 is 9.21 Å². The topological polar surface area (TPSA) is 64.2 Å². The maximum absolute atomic E-state index is 12.9. The molecule has 146 valence electrons. The first-order valence-electron chi connectivity index (χ1n) is 9.62. The molecule has 2 aromatic heterocycles. The first kappa shape index (κ1) is 18.7. The zero-order valence-corrected chi connectivity index (χ0v) is 16.6. The molecular weight excluding hydrogens is 376 g/mol. The minimum atomic E-state index is -0.103. The van der Waals surface area contributed by atoms with Crippen LogP contribution in [-0.2, 0) is 24.2 Å². The van der Waals surface area contributed by atoms with Crippen LogP contribution in [0.5, 0.6) is 0 Å². The number of amides is 1. The van der Waals surface area contributed by atoms with Gasteiger partial charge in [-0.3, -0.25) is 4.79 Å². The molecule has 0 spiro atoms. The highest BCUT2D eigenvalue weighted by molar-refractivity contribution is 6.30. The maximum atomic E-state index is 12.9. The summed E-state index contributed by atoms with van der Waals surface area (Å²) in [4.78, 5) is 23.5. The van der Waals surface area contributed by atoms with Crippen LogP contribution in [0.15, 0.2) is 47.3 Å². The number of rotatable bonds is 6. The number of benzene rings is 1. The average molecular weight is 399 g/mol. The summed E-state index contributed by atoms with van der Waals surface area (Å²) in [5.41, 5.74) is 1.07. The van der Waals surface area contributed by atoms with Crippen molar-refractivity contribution in [1.29, 1.82) is 0 Å². The molecule has 1 aromatic carbocycles. The van der Waals surface area contributed by atoms with Crippen LogP contribution in [0.25, 0.3) is 0 Å². The molecule has 1 atom stereocenters. The van der Waals surface area contributed by atoms with Crippen molar-refractivity contribution in [3.05, 3.63) is 70.9 Å². The number of imidazole rings is 1. The Labute approximate surface area is 169 Å². The summed E-state index contributed by atoms with van der Waals surface area (Å²) in [5.74, 6) is 2.39. The molecule has 3 aromatic rings. The monoisotopic (exact) mass is 398 g/mol. The molecule has 0 aliphatic carbocycles.